The third-order valence-corrected chi connectivity index (χ3v) is 4.68. The lowest BCUT2D eigenvalue weighted by Gasteiger charge is -2.14. The smallest absolute Gasteiger partial charge is 0.0669 e. The Hall–Kier alpha value is -0.510. The minimum atomic E-state index is 0.273. The highest BCUT2D eigenvalue weighted by Crippen LogP contribution is 2.27. The first kappa shape index (κ1) is 13.9. The highest BCUT2D eigenvalue weighted by molar-refractivity contribution is 7.99. The van der Waals surface area contributed by atoms with Crippen molar-refractivity contribution in [1.29, 1.82) is 0 Å². The fourth-order valence-electron chi connectivity index (χ4n) is 2.20. The molecule has 0 spiro atoms. The lowest BCUT2D eigenvalue weighted by molar-refractivity contribution is 0.129. The lowest BCUT2D eigenvalue weighted by Crippen LogP contribution is -2.21. The number of nitrogens with two attached hydrogens (primary N) is 1. The number of hydrogen-bond donors (Lipinski definition) is 1. The van der Waals surface area contributed by atoms with Crippen molar-refractivity contribution in [3.05, 3.63) is 29.8 Å². The van der Waals surface area contributed by atoms with Crippen molar-refractivity contribution in [3.63, 3.8) is 0 Å². The number of thioether (sulfide) groups is 1. The molecule has 1 aromatic rings. The average molecular weight is 265 g/mol. The van der Waals surface area contributed by atoms with E-state index in [0.29, 0.717) is 6.10 Å². The van der Waals surface area contributed by atoms with Gasteiger partial charge in [0.2, 0.25) is 0 Å². The summed E-state index contributed by atoms with van der Waals surface area (Å²) < 4.78 is 5.67. The number of hydrogen-bond acceptors (Lipinski definition) is 3. The number of rotatable bonds is 6. The lowest BCUT2D eigenvalue weighted by atomic mass is 10.1. The molecule has 18 heavy (non-hydrogen) atoms. The van der Waals surface area contributed by atoms with Crippen molar-refractivity contribution in [2.45, 2.75) is 49.6 Å². The van der Waals surface area contributed by atoms with Crippen LogP contribution in [0.4, 0.5) is 0 Å². The molecule has 2 unspecified atom stereocenters. The van der Waals surface area contributed by atoms with E-state index >= 15 is 0 Å². The van der Waals surface area contributed by atoms with E-state index in [0.717, 1.165) is 25.2 Å². The topological polar surface area (TPSA) is 35.2 Å². The minimum Gasteiger partial charge on any atom is -0.377 e. The summed E-state index contributed by atoms with van der Waals surface area (Å²) in [7, 11) is 0. The van der Waals surface area contributed by atoms with Gasteiger partial charge in [-0.2, -0.15) is 0 Å². The van der Waals surface area contributed by atoms with E-state index in [1.807, 2.05) is 11.8 Å². The normalized spacial score (nSPS) is 21.1. The second-order valence-electron chi connectivity index (χ2n) is 4.93. The molecule has 0 saturated carbocycles. The second-order valence-corrected chi connectivity index (χ2v) is 5.99. The summed E-state index contributed by atoms with van der Waals surface area (Å²) >= 11 is 1.92. The van der Waals surface area contributed by atoms with Crippen LogP contribution >= 0.6 is 11.8 Å². The Morgan fingerprint density at radius 1 is 1.44 bits per heavy atom. The molecule has 1 aliphatic heterocycles. The van der Waals surface area contributed by atoms with E-state index < -0.39 is 0 Å². The largest absolute Gasteiger partial charge is 0.377 e. The minimum absolute atomic E-state index is 0.273. The maximum atomic E-state index is 6.06. The molecule has 2 nitrogen and oxygen atoms in total. The monoisotopic (exact) mass is 265 g/mol. The summed E-state index contributed by atoms with van der Waals surface area (Å²) in [6.45, 7) is 3.08. The quantitative estimate of drug-likeness (QED) is 0.802. The number of benzene rings is 1. The Morgan fingerprint density at radius 2 is 2.28 bits per heavy atom. The fourth-order valence-corrected chi connectivity index (χ4v) is 3.34. The van der Waals surface area contributed by atoms with Crippen molar-refractivity contribution in [1.82, 2.24) is 0 Å². The molecular formula is C15H23NOS. The standard InChI is InChI=1S/C15H23NOS/c1-2-13(16)10-12-6-3-4-8-15(12)18-11-14-7-5-9-17-14/h3-4,6,8,13-14H,2,5,7,9-11,16H2,1H3. The molecule has 1 saturated heterocycles. The molecule has 1 fully saturated rings. The van der Waals surface area contributed by atoms with Gasteiger partial charge < -0.3 is 10.5 Å². The van der Waals surface area contributed by atoms with E-state index in [2.05, 4.69) is 31.2 Å². The van der Waals surface area contributed by atoms with E-state index in [-0.39, 0.29) is 6.04 Å². The van der Waals surface area contributed by atoms with Crippen molar-refractivity contribution in [2.24, 2.45) is 5.73 Å². The van der Waals surface area contributed by atoms with Crippen LogP contribution in [0.5, 0.6) is 0 Å². The molecule has 1 aliphatic rings. The molecule has 0 radical (unpaired) electrons. The van der Waals surface area contributed by atoms with Gasteiger partial charge in [0.25, 0.3) is 0 Å². The molecule has 2 rings (SSSR count). The first-order valence-electron chi connectivity index (χ1n) is 6.87. The first-order chi connectivity index (χ1) is 8.79. The Morgan fingerprint density at radius 3 is 3.00 bits per heavy atom. The third-order valence-electron chi connectivity index (χ3n) is 3.43. The van der Waals surface area contributed by atoms with Crippen LogP contribution < -0.4 is 5.73 Å². The van der Waals surface area contributed by atoms with Crippen molar-refractivity contribution >= 4 is 11.8 Å². The van der Waals surface area contributed by atoms with Gasteiger partial charge in [0.15, 0.2) is 0 Å². The van der Waals surface area contributed by atoms with Crippen LogP contribution in [0.3, 0.4) is 0 Å². The fraction of sp³-hybridized carbons (Fsp3) is 0.600. The van der Waals surface area contributed by atoms with Crippen LogP contribution in [-0.4, -0.2) is 24.5 Å². The van der Waals surface area contributed by atoms with Gasteiger partial charge in [-0.25, -0.2) is 0 Å². The summed E-state index contributed by atoms with van der Waals surface area (Å²) in [5.41, 5.74) is 7.44. The Balaban J connectivity index is 1.93. The highest BCUT2D eigenvalue weighted by atomic mass is 32.2. The molecule has 0 amide bonds. The van der Waals surface area contributed by atoms with E-state index in [1.54, 1.807) is 0 Å². The zero-order chi connectivity index (χ0) is 12.8. The van der Waals surface area contributed by atoms with Crippen molar-refractivity contribution in [3.8, 4) is 0 Å². The summed E-state index contributed by atoms with van der Waals surface area (Å²) in [6.07, 6.45) is 4.88. The van der Waals surface area contributed by atoms with Crippen LogP contribution in [0.15, 0.2) is 29.2 Å². The Bertz CT molecular complexity index is 363. The zero-order valence-corrected chi connectivity index (χ0v) is 11.9. The maximum absolute atomic E-state index is 6.06. The molecule has 0 aliphatic carbocycles. The van der Waals surface area contributed by atoms with Crippen LogP contribution in [0.25, 0.3) is 0 Å². The van der Waals surface area contributed by atoms with E-state index in [1.165, 1.54) is 23.3 Å². The van der Waals surface area contributed by atoms with Gasteiger partial charge in [0, 0.05) is 23.3 Å². The first-order valence-corrected chi connectivity index (χ1v) is 7.86. The van der Waals surface area contributed by atoms with Gasteiger partial charge in [0.1, 0.15) is 0 Å². The van der Waals surface area contributed by atoms with Crippen LogP contribution in [0.1, 0.15) is 31.7 Å². The van der Waals surface area contributed by atoms with Crippen molar-refractivity contribution in [2.75, 3.05) is 12.4 Å². The summed E-state index contributed by atoms with van der Waals surface area (Å²) in [5, 5.41) is 0. The zero-order valence-electron chi connectivity index (χ0n) is 11.1. The molecule has 0 aromatic heterocycles. The molecule has 3 heteroatoms. The van der Waals surface area contributed by atoms with Gasteiger partial charge in [-0.15, -0.1) is 11.8 Å². The molecule has 0 bridgehead atoms. The Kier molecular flexibility index (Phi) is 5.54. The SMILES string of the molecule is CCC(N)Cc1ccccc1SCC1CCCO1. The van der Waals surface area contributed by atoms with Crippen LogP contribution in [0.2, 0.25) is 0 Å². The predicted octanol–water partition coefficient (Wildman–Crippen LogP) is 3.24. The van der Waals surface area contributed by atoms with Crippen LogP contribution in [-0.2, 0) is 11.2 Å². The molecule has 2 N–H and O–H groups in total. The molecule has 1 heterocycles. The van der Waals surface area contributed by atoms with Crippen LogP contribution in [0, 0.1) is 0 Å². The number of ether oxygens (including phenoxy) is 1. The molecule has 100 valence electrons. The van der Waals surface area contributed by atoms with Gasteiger partial charge in [-0.3, -0.25) is 0 Å². The Labute approximate surface area is 114 Å². The van der Waals surface area contributed by atoms with E-state index in [9.17, 15) is 0 Å². The average Bonchev–Trinajstić information content (AvgIpc) is 2.91. The van der Waals surface area contributed by atoms with E-state index in [4.69, 9.17) is 10.5 Å². The summed E-state index contributed by atoms with van der Waals surface area (Å²) in [6, 6.07) is 8.90. The van der Waals surface area contributed by atoms with Gasteiger partial charge >= 0.3 is 0 Å². The predicted molar refractivity (Wildman–Crippen MR) is 78.1 cm³/mol. The van der Waals surface area contributed by atoms with Gasteiger partial charge in [-0.1, -0.05) is 25.1 Å². The molecule has 2 atom stereocenters. The highest BCUT2D eigenvalue weighted by Gasteiger charge is 2.16. The summed E-state index contributed by atoms with van der Waals surface area (Å²) in [5.74, 6) is 1.07. The summed E-state index contributed by atoms with van der Waals surface area (Å²) in [4.78, 5) is 1.37. The van der Waals surface area contributed by atoms with Crippen molar-refractivity contribution < 1.29 is 4.74 Å². The molecule has 1 aromatic carbocycles. The maximum Gasteiger partial charge on any atom is 0.0669 e. The second kappa shape index (κ2) is 7.17. The van der Waals surface area contributed by atoms with Gasteiger partial charge in [-0.05, 0) is 37.3 Å². The van der Waals surface area contributed by atoms with Gasteiger partial charge in [0.05, 0.1) is 6.10 Å². The molecular weight excluding hydrogens is 242 g/mol. The third kappa shape index (κ3) is 4.01.